The molecule has 4 nitrogen and oxygen atoms in total. The van der Waals surface area contributed by atoms with Gasteiger partial charge >= 0.3 is 0 Å². The maximum atomic E-state index is 13.3. The van der Waals surface area contributed by atoms with E-state index in [1.54, 1.807) is 12.1 Å². The van der Waals surface area contributed by atoms with Crippen molar-refractivity contribution in [2.75, 3.05) is 0 Å². The first-order valence-corrected chi connectivity index (χ1v) is 5.13. The van der Waals surface area contributed by atoms with Crippen LogP contribution in [-0.2, 0) is 19.4 Å². The number of aryl methyl sites for hydroxylation is 2. The molecule has 0 saturated heterocycles. The van der Waals surface area contributed by atoms with E-state index in [0.717, 1.165) is 0 Å². The monoisotopic (exact) mass is 220 g/mol. The van der Waals surface area contributed by atoms with E-state index in [2.05, 4.69) is 15.2 Å². The van der Waals surface area contributed by atoms with Crippen LogP contribution in [0.5, 0.6) is 0 Å². The number of halogens is 1. The second-order valence-electron chi connectivity index (χ2n) is 3.49. The molecule has 0 spiro atoms. The predicted molar refractivity (Wildman–Crippen MR) is 58.1 cm³/mol. The number of nitrogens with one attached hydrogen (secondary N) is 1. The smallest absolute Gasteiger partial charge is 0.151 e. The summed E-state index contributed by atoms with van der Waals surface area (Å²) in [6.45, 7) is 0.340. The third-order valence-electron chi connectivity index (χ3n) is 2.35. The Kier molecular flexibility index (Phi) is 3.26. The number of nitrogens with two attached hydrogens (primary N) is 1. The van der Waals surface area contributed by atoms with Crippen LogP contribution in [0.4, 0.5) is 4.39 Å². The van der Waals surface area contributed by atoms with Crippen molar-refractivity contribution in [3.8, 4) is 0 Å². The molecule has 84 valence electrons. The number of nitrogens with zero attached hydrogens (tertiary/aromatic N) is 2. The van der Waals surface area contributed by atoms with E-state index in [-0.39, 0.29) is 5.82 Å². The van der Waals surface area contributed by atoms with E-state index < -0.39 is 0 Å². The van der Waals surface area contributed by atoms with Crippen molar-refractivity contribution >= 4 is 0 Å². The molecule has 0 bridgehead atoms. The largest absolute Gasteiger partial charge is 0.324 e. The molecule has 5 heteroatoms. The molecular weight excluding hydrogens is 207 g/mol. The highest BCUT2D eigenvalue weighted by Crippen LogP contribution is 2.09. The molecule has 0 fully saturated rings. The van der Waals surface area contributed by atoms with Crippen LogP contribution in [0.3, 0.4) is 0 Å². The van der Waals surface area contributed by atoms with Crippen molar-refractivity contribution in [2.45, 2.75) is 19.4 Å². The number of aromatic amines is 1. The summed E-state index contributed by atoms with van der Waals surface area (Å²) in [5.41, 5.74) is 6.08. The topological polar surface area (TPSA) is 67.6 Å². The van der Waals surface area contributed by atoms with Gasteiger partial charge in [-0.2, -0.15) is 5.10 Å². The zero-order chi connectivity index (χ0) is 11.4. The highest BCUT2D eigenvalue weighted by atomic mass is 19.1. The van der Waals surface area contributed by atoms with Crippen molar-refractivity contribution < 1.29 is 4.39 Å². The molecule has 0 amide bonds. The molecule has 0 atom stereocenters. The lowest BCUT2D eigenvalue weighted by Gasteiger charge is -1.99. The van der Waals surface area contributed by atoms with Gasteiger partial charge in [-0.1, -0.05) is 18.2 Å². The van der Waals surface area contributed by atoms with Crippen molar-refractivity contribution in [1.82, 2.24) is 15.2 Å². The van der Waals surface area contributed by atoms with Crippen LogP contribution in [-0.4, -0.2) is 15.2 Å². The predicted octanol–water partition coefficient (Wildman–Crippen LogP) is 1.19. The van der Waals surface area contributed by atoms with Crippen molar-refractivity contribution in [3.63, 3.8) is 0 Å². The highest BCUT2D eigenvalue weighted by Gasteiger charge is 2.04. The first kappa shape index (κ1) is 10.8. The van der Waals surface area contributed by atoms with Crippen LogP contribution in [0.1, 0.15) is 17.2 Å². The van der Waals surface area contributed by atoms with Crippen LogP contribution in [0, 0.1) is 5.82 Å². The molecule has 0 saturated carbocycles. The molecule has 0 aliphatic heterocycles. The van der Waals surface area contributed by atoms with E-state index in [1.165, 1.54) is 6.07 Å². The first-order chi connectivity index (χ1) is 7.79. The van der Waals surface area contributed by atoms with Gasteiger partial charge in [0, 0.05) is 6.42 Å². The molecule has 0 aliphatic carbocycles. The molecular formula is C11H13FN4. The molecule has 0 radical (unpaired) electrons. The molecule has 3 N–H and O–H groups in total. The lowest BCUT2D eigenvalue weighted by molar-refractivity contribution is 0.607. The van der Waals surface area contributed by atoms with E-state index in [9.17, 15) is 4.39 Å². The third kappa shape index (κ3) is 2.43. The van der Waals surface area contributed by atoms with Gasteiger partial charge in [-0.05, 0) is 18.1 Å². The van der Waals surface area contributed by atoms with Gasteiger partial charge in [0.25, 0.3) is 0 Å². The van der Waals surface area contributed by atoms with E-state index in [0.29, 0.717) is 36.6 Å². The molecule has 2 aromatic rings. The second-order valence-corrected chi connectivity index (χ2v) is 3.49. The highest BCUT2D eigenvalue weighted by molar-refractivity contribution is 5.18. The molecule has 1 heterocycles. The number of hydrogen-bond donors (Lipinski definition) is 2. The molecule has 0 unspecified atom stereocenters. The summed E-state index contributed by atoms with van der Waals surface area (Å²) in [6.07, 6.45) is 1.20. The third-order valence-corrected chi connectivity index (χ3v) is 2.35. The summed E-state index contributed by atoms with van der Waals surface area (Å²) in [6, 6.07) is 6.73. The summed E-state index contributed by atoms with van der Waals surface area (Å²) in [7, 11) is 0. The van der Waals surface area contributed by atoms with Crippen LogP contribution in [0.25, 0.3) is 0 Å². The number of aromatic nitrogens is 3. The van der Waals surface area contributed by atoms with Gasteiger partial charge in [-0.15, -0.1) is 0 Å². The zero-order valence-corrected chi connectivity index (χ0v) is 8.78. The molecule has 16 heavy (non-hydrogen) atoms. The van der Waals surface area contributed by atoms with Gasteiger partial charge in [-0.3, -0.25) is 5.10 Å². The maximum absolute atomic E-state index is 13.3. The summed E-state index contributed by atoms with van der Waals surface area (Å²) in [4.78, 5) is 4.16. The fraction of sp³-hybridized carbons (Fsp3) is 0.273. The standard InChI is InChI=1S/C11H13FN4/c12-9-4-2-1-3-8(9)5-6-10-14-11(7-13)16-15-10/h1-4H,5-7,13H2,(H,14,15,16). The van der Waals surface area contributed by atoms with E-state index in [1.807, 2.05) is 6.07 Å². The number of H-pyrrole nitrogens is 1. The van der Waals surface area contributed by atoms with Crippen LogP contribution < -0.4 is 5.73 Å². The van der Waals surface area contributed by atoms with E-state index in [4.69, 9.17) is 5.73 Å². The van der Waals surface area contributed by atoms with Crippen molar-refractivity contribution in [3.05, 3.63) is 47.3 Å². The summed E-state index contributed by atoms with van der Waals surface area (Å²) >= 11 is 0. The molecule has 2 rings (SSSR count). The zero-order valence-electron chi connectivity index (χ0n) is 8.78. The minimum atomic E-state index is -0.183. The SMILES string of the molecule is NCc1nc(CCc2ccccc2F)n[nH]1. The fourth-order valence-electron chi connectivity index (χ4n) is 1.49. The van der Waals surface area contributed by atoms with Gasteiger partial charge in [0.2, 0.25) is 0 Å². The van der Waals surface area contributed by atoms with Gasteiger partial charge < -0.3 is 5.73 Å². The summed E-state index contributed by atoms with van der Waals surface area (Å²) in [5, 5.41) is 6.72. The summed E-state index contributed by atoms with van der Waals surface area (Å²) in [5.74, 6) is 1.14. The Morgan fingerprint density at radius 3 is 2.75 bits per heavy atom. The Hall–Kier alpha value is -1.75. The Balaban J connectivity index is 1.99. The second kappa shape index (κ2) is 4.85. The normalized spacial score (nSPS) is 10.6. The fourth-order valence-corrected chi connectivity index (χ4v) is 1.49. The van der Waals surface area contributed by atoms with Crippen molar-refractivity contribution in [2.24, 2.45) is 5.73 Å². The molecule has 1 aromatic carbocycles. The number of hydrogen-bond acceptors (Lipinski definition) is 3. The van der Waals surface area contributed by atoms with Gasteiger partial charge in [0.15, 0.2) is 5.82 Å². The minimum Gasteiger partial charge on any atom is -0.324 e. The molecule has 0 aliphatic rings. The maximum Gasteiger partial charge on any atom is 0.151 e. The number of benzene rings is 1. The lowest BCUT2D eigenvalue weighted by atomic mass is 10.1. The first-order valence-electron chi connectivity index (χ1n) is 5.13. The van der Waals surface area contributed by atoms with Crippen molar-refractivity contribution in [1.29, 1.82) is 0 Å². The average molecular weight is 220 g/mol. The quantitative estimate of drug-likeness (QED) is 0.813. The van der Waals surface area contributed by atoms with Crippen LogP contribution in [0.15, 0.2) is 24.3 Å². The number of rotatable bonds is 4. The Morgan fingerprint density at radius 1 is 1.25 bits per heavy atom. The van der Waals surface area contributed by atoms with Gasteiger partial charge in [-0.25, -0.2) is 9.37 Å². The molecule has 1 aromatic heterocycles. The minimum absolute atomic E-state index is 0.183. The summed E-state index contributed by atoms with van der Waals surface area (Å²) < 4.78 is 13.3. The van der Waals surface area contributed by atoms with Crippen LogP contribution >= 0.6 is 0 Å². The lowest BCUT2D eigenvalue weighted by Crippen LogP contribution is -1.99. The Bertz CT molecular complexity index is 467. The Labute approximate surface area is 92.7 Å². The van der Waals surface area contributed by atoms with E-state index >= 15 is 0 Å². The van der Waals surface area contributed by atoms with Crippen LogP contribution in [0.2, 0.25) is 0 Å². The van der Waals surface area contributed by atoms with Gasteiger partial charge in [0.05, 0.1) is 6.54 Å². The Morgan fingerprint density at radius 2 is 2.06 bits per heavy atom. The average Bonchev–Trinajstić information content (AvgIpc) is 2.76. The van der Waals surface area contributed by atoms with Gasteiger partial charge in [0.1, 0.15) is 11.6 Å².